The number of benzene rings is 1. The molecule has 0 heterocycles. The summed E-state index contributed by atoms with van der Waals surface area (Å²) < 4.78 is 0.933. The summed E-state index contributed by atoms with van der Waals surface area (Å²) in [6, 6.07) is 7.43. The molecule has 0 aliphatic heterocycles. The van der Waals surface area contributed by atoms with Crippen LogP contribution in [0.15, 0.2) is 28.7 Å². The lowest BCUT2D eigenvalue weighted by molar-refractivity contribution is 0.0952. The summed E-state index contributed by atoms with van der Waals surface area (Å²) in [7, 11) is 0. The summed E-state index contributed by atoms with van der Waals surface area (Å²) in [6.45, 7) is 5.13. The van der Waals surface area contributed by atoms with Gasteiger partial charge in [0.25, 0.3) is 5.91 Å². The Labute approximate surface area is 106 Å². The lowest BCUT2D eigenvalue weighted by Gasteiger charge is -2.07. The van der Waals surface area contributed by atoms with Crippen LogP contribution < -0.4 is 5.32 Å². The predicted octanol–water partition coefficient (Wildman–Crippen LogP) is 3.62. The van der Waals surface area contributed by atoms with Crippen LogP contribution >= 0.6 is 15.9 Å². The Balaban J connectivity index is 2.35. The van der Waals surface area contributed by atoms with Crippen molar-refractivity contribution < 1.29 is 4.79 Å². The number of nitrogens with one attached hydrogen (secondary N) is 1. The van der Waals surface area contributed by atoms with Gasteiger partial charge in [0.2, 0.25) is 0 Å². The molecule has 0 fully saturated rings. The third kappa shape index (κ3) is 4.79. The fourth-order valence-electron chi connectivity index (χ4n) is 1.44. The highest BCUT2D eigenvalue weighted by Crippen LogP contribution is 2.11. The van der Waals surface area contributed by atoms with Crippen LogP contribution in [-0.4, -0.2) is 12.5 Å². The molecule has 0 spiro atoms. The first-order valence-corrected chi connectivity index (χ1v) is 6.42. The Bertz CT molecular complexity index is 350. The van der Waals surface area contributed by atoms with Gasteiger partial charge in [0.15, 0.2) is 0 Å². The quantitative estimate of drug-likeness (QED) is 0.822. The average molecular weight is 284 g/mol. The summed E-state index contributed by atoms with van der Waals surface area (Å²) in [4.78, 5) is 11.7. The van der Waals surface area contributed by atoms with Crippen molar-refractivity contribution in [3.63, 3.8) is 0 Å². The predicted molar refractivity (Wildman–Crippen MR) is 70.5 cm³/mol. The summed E-state index contributed by atoms with van der Waals surface area (Å²) in [5.41, 5.74) is 0.707. The standard InChI is InChI=1S/C13H18BrNO/c1-10(2)5-4-8-15-13(16)11-6-3-7-12(14)9-11/h3,6-7,9-10H,4-5,8H2,1-2H3,(H,15,16). The van der Waals surface area contributed by atoms with Gasteiger partial charge in [-0.1, -0.05) is 35.8 Å². The molecular weight excluding hydrogens is 266 g/mol. The first-order chi connectivity index (χ1) is 7.59. The van der Waals surface area contributed by atoms with E-state index in [1.54, 1.807) is 0 Å². The Hall–Kier alpha value is -0.830. The van der Waals surface area contributed by atoms with Gasteiger partial charge in [-0.15, -0.1) is 0 Å². The number of rotatable bonds is 5. The van der Waals surface area contributed by atoms with Crippen molar-refractivity contribution in [3.05, 3.63) is 34.3 Å². The van der Waals surface area contributed by atoms with Gasteiger partial charge in [0, 0.05) is 16.6 Å². The van der Waals surface area contributed by atoms with E-state index in [1.807, 2.05) is 24.3 Å². The van der Waals surface area contributed by atoms with Crippen molar-refractivity contribution >= 4 is 21.8 Å². The van der Waals surface area contributed by atoms with Crippen LogP contribution in [0.5, 0.6) is 0 Å². The summed E-state index contributed by atoms with van der Waals surface area (Å²) >= 11 is 3.35. The zero-order valence-electron chi connectivity index (χ0n) is 9.79. The Kier molecular flexibility index (Phi) is 5.53. The van der Waals surface area contributed by atoms with E-state index in [0.717, 1.165) is 23.9 Å². The minimum atomic E-state index is 0.00468. The molecule has 0 saturated heterocycles. The van der Waals surface area contributed by atoms with Gasteiger partial charge < -0.3 is 5.32 Å². The maximum Gasteiger partial charge on any atom is 0.251 e. The number of amides is 1. The SMILES string of the molecule is CC(C)CCCNC(=O)c1cccc(Br)c1. The van der Waals surface area contributed by atoms with Crippen LogP contribution in [0.25, 0.3) is 0 Å². The number of hydrogen-bond donors (Lipinski definition) is 1. The van der Waals surface area contributed by atoms with E-state index in [1.165, 1.54) is 0 Å². The van der Waals surface area contributed by atoms with Crippen LogP contribution in [0.1, 0.15) is 37.0 Å². The molecule has 1 aromatic carbocycles. The Morgan fingerprint density at radius 1 is 1.44 bits per heavy atom. The topological polar surface area (TPSA) is 29.1 Å². The van der Waals surface area contributed by atoms with Crippen LogP contribution in [0.4, 0.5) is 0 Å². The molecule has 3 heteroatoms. The second-order valence-electron chi connectivity index (χ2n) is 4.30. The zero-order valence-corrected chi connectivity index (χ0v) is 11.4. The maximum absolute atomic E-state index is 11.7. The summed E-state index contributed by atoms with van der Waals surface area (Å²) in [5, 5.41) is 2.92. The minimum Gasteiger partial charge on any atom is -0.352 e. The Morgan fingerprint density at radius 3 is 2.81 bits per heavy atom. The summed E-state index contributed by atoms with van der Waals surface area (Å²) in [6.07, 6.45) is 2.19. The third-order valence-electron chi connectivity index (χ3n) is 2.33. The van der Waals surface area contributed by atoms with Gasteiger partial charge in [-0.2, -0.15) is 0 Å². The molecule has 0 aromatic heterocycles. The highest BCUT2D eigenvalue weighted by Gasteiger charge is 2.04. The minimum absolute atomic E-state index is 0.00468. The first kappa shape index (κ1) is 13.2. The fraction of sp³-hybridized carbons (Fsp3) is 0.462. The average Bonchev–Trinajstić information content (AvgIpc) is 2.24. The van der Waals surface area contributed by atoms with E-state index in [-0.39, 0.29) is 5.91 Å². The molecule has 1 amide bonds. The molecule has 0 atom stereocenters. The van der Waals surface area contributed by atoms with E-state index in [4.69, 9.17) is 0 Å². The van der Waals surface area contributed by atoms with Crippen LogP contribution in [0.2, 0.25) is 0 Å². The maximum atomic E-state index is 11.7. The number of carbonyl (C=O) groups is 1. The van der Waals surface area contributed by atoms with E-state index < -0.39 is 0 Å². The van der Waals surface area contributed by atoms with E-state index >= 15 is 0 Å². The van der Waals surface area contributed by atoms with Crippen molar-refractivity contribution in [1.82, 2.24) is 5.32 Å². The van der Waals surface area contributed by atoms with Gasteiger partial charge in [-0.05, 0) is 37.0 Å². The second-order valence-corrected chi connectivity index (χ2v) is 5.22. The number of hydrogen-bond acceptors (Lipinski definition) is 1. The molecule has 0 saturated carbocycles. The molecule has 0 bridgehead atoms. The molecule has 16 heavy (non-hydrogen) atoms. The van der Waals surface area contributed by atoms with Crippen LogP contribution in [0.3, 0.4) is 0 Å². The van der Waals surface area contributed by atoms with Crippen molar-refractivity contribution in [2.45, 2.75) is 26.7 Å². The number of carbonyl (C=O) groups excluding carboxylic acids is 1. The zero-order chi connectivity index (χ0) is 12.0. The smallest absolute Gasteiger partial charge is 0.251 e. The molecule has 0 radical (unpaired) electrons. The lowest BCUT2D eigenvalue weighted by Crippen LogP contribution is -2.24. The highest BCUT2D eigenvalue weighted by atomic mass is 79.9. The van der Waals surface area contributed by atoms with Gasteiger partial charge >= 0.3 is 0 Å². The first-order valence-electron chi connectivity index (χ1n) is 5.63. The second kappa shape index (κ2) is 6.69. The molecule has 2 nitrogen and oxygen atoms in total. The fourth-order valence-corrected chi connectivity index (χ4v) is 1.84. The van der Waals surface area contributed by atoms with E-state index in [2.05, 4.69) is 35.1 Å². The molecule has 1 aromatic rings. The molecule has 0 unspecified atom stereocenters. The van der Waals surface area contributed by atoms with Gasteiger partial charge in [-0.3, -0.25) is 4.79 Å². The molecule has 0 aliphatic carbocycles. The van der Waals surface area contributed by atoms with Crippen LogP contribution in [0, 0.1) is 5.92 Å². The largest absolute Gasteiger partial charge is 0.352 e. The third-order valence-corrected chi connectivity index (χ3v) is 2.82. The van der Waals surface area contributed by atoms with Crippen molar-refractivity contribution in [1.29, 1.82) is 0 Å². The molecule has 0 aliphatic rings. The van der Waals surface area contributed by atoms with Gasteiger partial charge in [0.05, 0.1) is 0 Å². The van der Waals surface area contributed by atoms with Crippen molar-refractivity contribution in [2.75, 3.05) is 6.54 Å². The molecule has 88 valence electrons. The molecular formula is C13H18BrNO. The van der Waals surface area contributed by atoms with E-state index in [9.17, 15) is 4.79 Å². The highest BCUT2D eigenvalue weighted by molar-refractivity contribution is 9.10. The monoisotopic (exact) mass is 283 g/mol. The lowest BCUT2D eigenvalue weighted by atomic mass is 10.1. The Morgan fingerprint density at radius 2 is 2.19 bits per heavy atom. The molecule has 1 rings (SSSR count). The van der Waals surface area contributed by atoms with Gasteiger partial charge in [-0.25, -0.2) is 0 Å². The molecule has 1 N–H and O–H groups in total. The normalized spacial score (nSPS) is 10.5. The number of halogens is 1. The summed E-state index contributed by atoms with van der Waals surface area (Å²) in [5.74, 6) is 0.702. The van der Waals surface area contributed by atoms with Crippen molar-refractivity contribution in [3.8, 4) is 0 Å². The van der Waals surface area contributed by atoms with E-state index in [0.29, 0.717) is 11.5 Å². The van der Waals surface area contributed by atoms with Gasteiger partial charge in [0.1, 0.15) is 0 Å². The van der Waals surface area contributed by atoms with Crippen molar-refractivity contribution in [2.24, 2.45) is 5.92 Å². The van der Waals surface area contributed by atoms with Crippen LogP contribution in [-0.2, 0) is 0 Å².